The standard InChI is InChI=1S/C17H32O2/c1-7-9-10-11-12-13-15-17(5,6)19-18-16(3,4)14-8-2/h7-12,14H2,1-6H3. The van der Waals surface area contributed by atoms with Gasteiger partial charge >= 0.3 is 0 Å². The maximum atomic E-state index is 5.53. The van der Waals surface area contributed by atoms with Gasteiger partial charge in [0.15, 0.2) is 5.60 Å². The number of hydrogen-bond donors (Lipinski definition) is 0. The molecule has 0 saturated heterocycles. The Bertz CT molecular complexity index is 281. The third kappa shape index (κ3) is 11.0. The molecule has 0 spiro atoms. The Hall–Kier alpha value is -0.520. The molecule has 0 aromatic heterocycles. The molecule has 0 aliphatic heterocycles. The Labute approximate surface area is 120 Å². The van der Waals surface area contributed by atoms with Crippen LogP contribution in [-0.4, -0.2) is 11.2 Å². The van der Waals surface area contributed by atoms with Gasteiger partial charge in [0.25, 0.3) is 0 Å². The molecule has 0 heterocycles. The van der Waals surface area contributed by atoms with Crippen LogP contribution in [0.25, 0.3) is 0 Å². The van der Waals surface area contributed by atoms with E-state index in [1.807, 2.05) is 27.7 Å². The second-order valence-corrected chi connectivity index (χ2v) is 6.30. The van der Waals surface area contributed by atoms with E-state index in [4.69, 9.17) is 9.78 Å². The topological polar surface area (TPSA) is 18.5 Å². The normalized spacial score (nSPS) is 12.1. The van der Waals surface area contributed by atoms with Gasteiger partial charge in [-0.05, 0) is 40.5 Å². The van der Waals surface area contributed by atoms with Crippen molar-refractivity contribution in [1.29, 1.82) is 0 Å². The van der Waals surface area contributed by atoms with Gasteiger partial charge in [-0.2, -0.15) is 0 Å². The van der Waals surface area contributed by atoms with E-state index in [9.17, 15) is 0 Å². The lowest BCUT2D eigenvalue weighted by atomic mass is 10.0. The van der Waals surface area contributed by atoms with Crippen LogP contribution in [0.2, 0.25) is 0 Å². The van der Waals surface area contributed by atoms with Gasteiger partial charge in [-0.15, -0.1) is 5.92 Å². The van der Waals surface area contributed by atoms with Crippen molar-refractivity contribution in [2.45, 2.75) is 97.7 Å². The molecule has 0 saturated carbocycles. The highest BCUT2D eigenvalue weighted by Gasteiger charge is 2.24. The summed E-state index contributed by atoms with van der Waals surface area (Å²) in [5, 5.41) is 0. The summed E-state index contributed by atoms with van der Waals surface area (Å²) in [7, 11) is 0. The zero-order valence-corrected chi connectivity index (χ0v) is 13.8. The average Bonchev–Trinajstić information content (AvgIpc) is 2.32. The monoisotopic (exact) mass is 268 g/mol. The molecular formula is C17H32O2. The second kappa shape index (κ2) is 9.39. The van der Waals surface area contributed by atoms with Crippen LogP contribution in [-0.2, 0) is 9.78 Å². The van der Waals surface area contributed by atoms with E-state index in [2.05, 4.69) is 25.7 Å². The molecule has 0 atom stereocenters. The highest BCUT2D eigenvalue weighted by Crippen LogP contribution is 2.20. The molecule has 19 heavy (non-hydrogen) atoms. The van der Waals surface area contributed by atoms with Gasteiger partial charge in [0.1, 0.15) is 0 Å². The van der Waals surface area contributed by atoms with Crippen LogP contribution in [0.1, 0.15) is 86.5 Å². The summed E-state index contributed by atoms with van der Waals surface area (Å²) in [4.78, 5) is 11.0. The summed E-state index contributed by atoms with van der Waals surface area (Å²) in [6.07, 6.45) is 8.03. The van der Waals surface area contributed by atoms with Crippen molar-refractivity contribution in [3.8, 4) is 11.8 Å². The zero-order valence-electron chi connectivity index (χ0n) is 13.8. The smallest absolute Gasteiger partial charge is 0.158 e. The third-order valence-corrected chi connectivity index (χ3v) is 2.87. The van der Waals surface area contributed by atoms with Crippen molar-refractivity contribution in [2.75, 3.05) is 0 Å². The van der Waals surface area contributed by atoms with Gasteiger partial charge in [0.05, 0.1) is 5.60 Å². The zero-order chi connectivity index (χ0) is 14.8. The van der Waals surface area contributed by atoms with E-state index in [0.29, 0.717) is 0 Å². The average molecular weight is 268 g/mol. The molecule has 0 rings (SSSR count). The van der Waals surface area contributed by atoms with Crippen molar-refractivity contribution in [1.82, 2.24) is 0 Å². The van der Waals surface area contributed by atoms with E-state index >= 15 is 0 Å². The fourth-order valence-electron chi connectivity index (χ4n) is 1.80. The largest absolute Gasteiger partial charge is 0.229 e. The summed E-state index contributed by atoms with van der Waals surface area (Å²) >= 11 is 0. The van der Waals surface area contributed by atoms with Gasteiger partial charge < -0.3 is 0 Å². The molecule has 2 nitrogen and oxygen atoms in total. The Kier molecular flexibility index (Phi) is 9.14. The fraction of sp³-hybridized carbons (Fsp3) is 0.882. The van der Waals surface area contributed by atoms with Crippen molar-refractivity contribution in [3.05, 3.63) is 0 Å². The lowest BCUT2D eigenvalue weighted by molar-refractivity contribution is -0.389. The summed E-state index contributed by atoms with van der Waals surface area (Å²) in [6.45, 7) is 12.4. The number of hydrogen-bond acceptors (Lipinski definition) is 2. The minimum absolute atomic E-state index is 0.241. The van der Waals surface area contributed by atoms with E-state index in [1.165, 1.54) is 25.7 Å². The van der Waals surface area contributed by atoms with Crippen LogP contribution in [0, 0.1) is 11.8 Å². The number of unbranched alkanes of at least 4 members (excludes halogenated alkanes) is 4. The predicted octanol–water partition coefficient (Wildman–Crippen LogP) is 5.27. The second-order valence-electron chi connectivity index (χ2n) is 6.30. The van der Waals surface area contributed by atoms with E-state index < -0.39 is 5.60 Å². The molecule has 0 aromatic carbocycles. The Balaban J connectivity index is 4.00. The molecule has 0 bridgehead atoms. The van der Waals surface area contributed by atoms with Gasteiger partial charge in [-0.3, -0.25) is 0 Å². The van der Waals surface area contributed by atoms with Crippen molar-refractivity contribution in [2.24, 2.45) is 0 Å². The SMILES string of the molecule is CCCCCCC#CC(C)(C)OOC(C)(C)CCC. The quantitative estimate of drug-likeness (QED) is 0.245. The highest BCUT2D eigenvalue weighted by molar-refractivity contribution is 5.10. The van der Waals surface area contributed by atoms with Crippen LogP contribution in [0.5, 0.6) is 0 Å². The van der Waals surface area contributed by atoms with Gasteiger partial charge in [-0.25, -0.2) is 9.78 Å². The lowest BCUT2D eigenvalue weighted by Crippen LogP contribution is -2.31. The Morgan fingerprint density at radius 2 is 1.53 bits per heavy atom. The molecule has 0 aromatic rings. The summed E-state index contributed by atoms with van der Waals surface area (Å²) < 4.78 is 0. The van der Waals surface area contributed by atoms with Gasteiger partial charge in [0.2, 0.25) is 0 Å². The van der Waals surface area contributed by atoms with Gasteiger partial charge in [0, 0.05) is 6.42 Å². The van der Waals surface area contributed by atoms with Crippen molar-refractivity contribution >= 4 is 0 Å². The van der Waals surface area contributed by atoms with Crippen LogP contribution in [0.15, 0.2) is 0 Å². The van der Waals surface area contributed by atoms with E-state index in [1.54, 1.807) is 0 Å². The first-order valence-electron chi connectivity index (χ1n) is 7.70. The highest BCUT2D eigenvalue weighted by atomic mass is 17.2. The molecule has 0 N–H and O–H groups in total. The molecule has 112 valence electrons. The minimum Gasteiger partial charge on any atom is -0.229 e. The number of rotatable bonds is 9. The summed E-state index contributed by atoms with van der Waals surface area (Å²) in [5.74, 6) is 6.35. The van der Waals surface area contributed by atoms with Gasteiger partial charge in [-0.1, -0.05) is 45.5 Å². The minimum atomic E-state index is -0.532. The molecule has 0 radical (unpaired) electrons. The van der Waals surface area contributed by atoms with Crippen LogP contribution in [0.3, 0.4) is 0 Å². The summed E-state index contributed by atoms with van der Waals surface area (Å²) in [5.41, 5.74) is -0.773. The van der Waals surface area contributed by atoms with E-state index in [0.717, 1.165) is 19.3 Å². The first-order valence-corrected chi connectivity index (χ1v) is 7.70. The molecule has 0 unspecified atom stereocenters. The first-order chi connectivity index (χ1) is 8.83. The van der Waals surface area contributed by atoms with E-state index in [-0.39, 0.29) is 5.60 Å². The van der Waals surface area contributed by atoms with Crippen molar-refractivity contribution < 1.29 is 9.78 Å². The first kappa shape index (κ1) is 18.5. The third-order valence-electron chi connectivity index (χ3n) is 2.87. The molecule has 0 amide bonds. The predicted molar refractivity (Wildman–Crippen MR) is 81.8 cm³/mol. The molecule has 0 aliphatic rings. The summed E-state index contributed by atoms with van der Waals surface area (Å²) in [6, 6.07) is 0. The van der Waals surface area contributed by atoms with Crippen LogP contribution < -0.4 is 0 Å². The van der Waals surface area contributed by atoms with Crippen LogP contribution >= 0.6 is 0 Å². The Morgan fingerprint density at radius 1 is 0.842 bits per heavy atom. The maximum absolute atomic E-state index is 5.53. The fourth-order valence-corrected chi connectivity index (χ4v) is 1.80. The van der Waals surface area contributed by atoms with Crippen molar-refractivity contribution in [3.63, 3.8) is 0 Å². The maximum Gasteiger partial charge on any atom is 0.158 e. The molecule has 0 fully saturated rings. The molecular weight excluding hydrogens is 236 g/mol. The Morgan fingerprint density at radius 3 is 2.11 bits per heavy atom. The molecule has 2 heteroatoms. The van der Waals surface area contributed by atoms with Crippen LogP contribution in [0.4, 0.5) is 0 Å². The molecule has 0 aliphatic carbocycles. The lowest BCUT2D eigenvalue weighted by Gasteiger charge is -2.27.